The summed E-state index contributed by atoms with van der Waals surface area (Å²) in [6.07, 6.45) is 1.24. The molecule has 0 fully saturated rings. The molecule has 0 aliphatic carbocycles. The largest absolute Gasteiger partial charge is 0.425 e. The third-order valence-electron chi connectivity index (χ3n) is 2.42. The first-order valence-electron chi connectivity index (χ1n) is 5.23. The van der Waals surface area contributed by atoms with E-state index in [2.05, 4.69) is 10.2 Å². The van der Waals surface area contributed by atoms with Gasteiger partial charge in [0, 0.05) is 5.56 Å². The van der Waals surface area contributed by atoms with Crippen molar-refractivity contribution in [1.29, 1.82) is 0 Å². The number of ether oxygens (including phenoxy) is 1. The summed E-state index contributed by atoms with van der Waals surface area (Å²) in [4.78, 5) is 0. The lowest BCUT2D eigenvalue weighted by Crippen LogP contribution is -2.22. The van der Waals surface area contributed by atoms with Crippen LogP contribution >= 0.6 is 0 Å². The zero-order valence-corrected chi connectivity index (χ0v) is 9.68. The van der Waals surface area contributed by atoms with Crippen LogP contribution in [0.4, 0.5) is 4.39 Å². The fourth-order valence-electron chi connectivity index (χ4n) is 1.37. The highest BCUT2D eigenvalue weighted by molar-refractivity contribution is 5.16. The van der Waals surface area contributed by atoms with Crippen LogP contribution in [0.2, 0.25) is 0 Å². The van der Waals surface area contributed by atoms with Gasteiger partial charge in [0.1, 0.15) is 11.4 Å². The minimum absolute atomic E-state index is 0.155. The first-order valence-corrected chi connectivity index (χ1v) is 5.23. The molecule has 0 amide bonds. The lowest BCUT2D eigenvalue weighted by molar-refractivity contribution is -0.0528. The van der Waals surface area contributed by atoms with Crippen molar-refractivity contribution < 1.29 is 13.5 Å². The fourth-order valence-corrected chi connectivity index (χ4v) is 1.37. The van der Waals surface area contributed by atoms with Crippen molar-refractivity contribution in [3.05, 3.63) is 47.9 Å². The van der Waals surface area contributed by atoms with Crippen LogP contribution < -0.4 is 0 Å². The van der Waals surface area contributed by atoms with Crippen molar-refractivity contribution in [2.75, 3.05) is 0 Å². The summed E-state index contributed by atoms with van der Waals surface area (Å²) in [6.45, 7) is 3.74. The van der Waals surface area contributed by atoms with E-state index in [1.54, 1.807) is 32.0 Å². The van der Waals surface area contributed by atoms with Crippen LogP contribution in [0.3, 0.4) is 0 Å². The first-order chi connectivity index (χ1) is 8.09. The minimum Gasteiger partial charge on any atom is -0.425 e. The van der Waals surface area contributed by atoms with Gasteiger partial charge in [0.25, 0.3) is 0 Å². The van der Waals surface area contributed by atoms with E-state index >= 15 is 0 Å². The lowest BCUT2D eigenvalue weighted by atomic mass is 10.1. The molecule has 0 unspecified atom stereocenters. The zero-order valence-electron chi connectivity index (χ0n) is 9.68. The SMILES string of the molecule is CC(C)(OCc1ccccc1F)c1nnco1. The van der Waals surface area contributed by atoms with Gasteiger partial charge in [0.2, 0.25) is 12.3 Å². The van der Waals surface area contributed by atoms with E-state index in [9.17, 15) is 4.39 Å². The molecule has 5 heteroatoms. The summed E-state index contributed by atoms with van der Waals surface area (Å²) in [6, 6.07) is 6.49. The molecule has 2 aromatic rings. The van der Waals surface area contributed by atoms with Gasteiger partial charge in [0.05, 0.1) is 6.61 Å². The maximum Gasteiger partial charge on any atom is 0.247 e. The van der Waals surface area contributed by atoms with Gasteiger partial charge in [-0.05, 0) is 19.9 Å². The molecule has 0 N–H and O–H groups in total. The second-order valence-corrected chi connectivity index (χ2v) is 4.13. The average Bonchev–Trinajstić information content (AvgIpc) is 2.82. The van der Waals surface area contributed by atoms with E-state index < -0.39 is 5.60 Å². The summed E-state index contributed by atoms with van der Waals surface area (Å²) in [5.41, 5.74) is -0.237. The average molecular weight is 236 g/mol. The second kappa shape index (κ2) is 4.63. The fraction of sp³-hybridized carbons (Fsp3) is 0.333. The topological polar surface area (TPSA) is 48.2 Å². The van der Waals surface area contributed by atoms with Gasteiger partial charge < -0.3 is 9.15 Å². The number of hydrogen-bond acceptors (Lipinski definition) is 4. The van der Waals surface area contributed by atoms with Gasteiger partial charge in [-0.3, -0.25) is 0 Å². The number of rotatable bonds is 4. The first kappa shape index (κ1) is 11.7. The van der Waals surface area contributed by atoms with Crippen molar-refractivity contribution in [3.63, 3.8) is 0 Å². The molecular weight excluding hydrogens is 223 g/mol. The maximum atomic E-state index is 13.4. The molecule has 90 valence electrons. The summed E-state index contributed by atoms with van der Waals surface area (Å²) in [5.74, 6) is 0.0858. The lowest BCUT2D eigenvalue weighted by Gasteiger charge is -2.21. The Kier molecular flexibility index (Phi) is 3.19. The van der Waals surface area contributed by atoms with Crippen molar-refractivity contribution >= 4 is 0 Å². The molecule has 0 radical (unpaired) electrons. The second-order valence-electron chi connectivity index (χ2n) is 4.13. The van der Waals surface area contributed by atoms with Crippen LogP contribution in [-0.2, 0) is 16.9 Å². The number of halogens is 1. The molecule has 0 bridgehead atoms. The molecule has 0 saturated heterocycles. The van der Waals surface area contributed by atoms with Crippen LogP contribution in [0.25, 0.3) is 0 Å². The van der Waals surface area contributed by atoms with Crippen LogP contribution in [0.1, 0.15) is 25.3 Å². The molecule has 17 heavy (non-hydrogen) atoms. The van der Waals surface area contributed by atoms with Gasteiger partial charge in [-0.2, -0.15) is 0 Å². The Morgan fingerprint density at radius 2 is 2.12 bits per heavy atom. The molecule has 0 saturated carbocycles. The number of benzene rings is 1. The molecule has 0 spiro atoms. The van der Waals surface area contributed by atoms with Crippen molar-refractivity contribution in [1.82, 2.24) is 10.2 Å². The standard InChI is InChI=1S/C12H13FN2O2/c1-12(2,11-15-14-8-16-11)17-7-9-5-3-4-6-10(9)13/h3-6,8H,7H2,1-2H3. The van der Waals surface area contributed by atoms with Gasteiger partial charge >= 0.3 is 0 Å². The van der Waals surface area contributed by atoms with E-state index in [0.29, 0.717) is 11.5 Å². The third-order valence-corrected chi connectivity index (χ3v) is 2.42. The van der Waals surface area contributed by atoms with Crippen LogP contribution in [0.5, 0.6) is 0 Å². The quantitative estimate of drug-likeness (QED) is 0.818. The smallest absolute Gasteiger partial charge is 0.247 e. The Morgan fingerprint density at radius 3 is 2.76 bits per heavy atom. The zero-order chi connectivity index (χ0) is 12.3. The molecule has 1 aromatic carbocycles. The Balaban J connectivity index is 2.06. The maximum absolute atomic E-state index is 13.4. The predicted molar refractivity (Wildman–Crippen MR) is 58.5 cm³/mol. The van der Waals surface area contributed by atoms with Gasteiger partial charge in [-0.25, -0.2) is 4.39 Å². The number of aromatic nitrogens is 2. The Bertz CT molecular complexity index is 483. The number of hydrogen-bond donors (Lipinski definition) is 0. The van der Waals surface area contributed by atoms with Gasteiger partial charge in [-0.1, -0.05) is 18.2 Å². The summed E-state index contributed by atoms with van der Waals surface area (Å²) in [7, 11) is 0. The van der Waals surface area contributed by atoms with Crippen LogP contribution in [-0.4, -0.2) is 10.2 Å². The van der Waals surface area contributed by atoms with Crippen molar-refractivity contribution in [2.24, 2.45) is 0 Å². The normalized spacial score (nSPS) is 11.7. The Hall–Kier alpha value is -1.75. The molecule has 2 rings (SSSR count). The van der Waals surface area contributed by atoms with Gasteiger partial charge in [0.15, 0.2) is 0 Å². The molecule has 1 heterocycles. The summed E-state index contributed by atoms with van der Waals surface area (Å²) in [5, 5.41) is 7.38. The minimum atomic E-state index is -0.737. The van der Waals surface area contributed by atoms with Crippen molar-refractivity contribution in [3.8, 4) is 0 Å². The van der Waals surface area contributed by atoms with E-state index in [4.69, 9.17) is 9.15 Å². The van der Waals surface area contributed by atoms with Gasteiger partial charge in [-0.15, -0.1) is 10.2 Å². The van der Waals surface area contributed by atoms with Crippen LogP contribution in [0.15, 0.2) is 35.1 Å². The summed E-state index contributed by atoms with van der Waals surface area (Å²) >= 11 is 0. The van der Waals surface area contributed by atoms with E-state index in [-0.39, 0.29) is 12.4 Å². The molecule has 0 aliphatic rings. The highest BCUT2D eigenvalue weighted by Gasteiger charge is 2.27. The summed E-state index contributed by atoms with van der Waals surface area (Å²) < 4.78 is 24.1. The Labute approximate surface area is 98.4 Å². The number of nitrogens with zero attached hydrogens (tertiary/aromatic N) is 2. The molecule has 4 nitrogen and oxygen atoms in total. The molecule has 0 aliphatic heterocycles. The van der Waals surface area contributed by atoms with E-state index in [1.165, 1.54) is 12.5 Å². The van der Waals surface area contributed by atoms with Crippen molar-refractivity contribution in [2.45, 2.75) is 26.1 Å². The van der Waals surface area contributed by atoms with E-state index in [0.717, 1.165) is 0 Å². The third kappa shape index (κ3) is 2.68. The highest BCUT2D eigenvalue weighted by atomic mass is 19.1. The predicted octanol–water partition coefficient (Wildman–Crippen LogP) is 2.66. The monoisotopic (exact) mass is 236 g/mol. The van der Waals surface area contributed by atoms with Crippen LogP contribution in [0, 0.1) is 5.82 Å². The molecular formula is C12H13FN2O2. The van der Waals surface area contributed by atoms with E-state index in [1.807, 2.05) is 0 Å². The molecule has 1 aromatic heterocycles. The highest BCUT2D eigenvalue weighted by Crippen LogP contribution is 2.24. The Morgan fingerprint density at radius 1 is 1.35 bits per heavy atom. The molecule has 0 atom stereocenters.